The van der Waals surface area contributed by atoms with Crippen LogP contribution in [-0.4, -0.2) is 29.0 Å². The van der Waals surface area contributed by atoms with E-state index in [9.17, 15) is 9.59 Å². The molecule has 0 atom stereocenters. The first-order valence-electron chi connectivity index (χ1n) is 6.81. The maximum Gasteiger partial charge on any atom is 0.357 e. The van der Waals surface area contributed by atoms with Gasteiger partial charge in [0.1, 0.15) is 5.69 Å². The number of pyridine rings is 1. The summed E-state index contributed by atoms with van der Waals surface area (Å²) >= 11 is 1.28. The van der Waals surface area contributed by atoms with Crippen molar-refractivity contribution in [3.63, 3.8) is 0 Å². The van der Waals surface area contributed by atoms with Crippen molar-refractivity contribution in [1.29, 1.82) is 0 Å². The predicted octanol–water partition coefficient (Wildman–Crippen LogP) is 2.78. The molecule has 0 aromatic carbocycles. The fourth-order valence-corrected chi connectivity index (χ4v) is 2.99. The topological polar surface area (TPSA) is 81.2 Å². The summed E-state index contributed by atoms with van der Waals surface area (Å²) in [6.45, 7) is 4.10. The number of ether oxygens (including phenoxy) is 1. The van der Waals surface area contributed by atoms with E-state index in [1.807, 2.05) is 13.8 Å². The number of nitrogens with one attached hydrogen (secondary N) is 1. The third kappa shape index (κ3) is 3.88. The second-order valence-corrected chi connectivity index (χ2v) is 6.13. The van der Waals surface area contributed by atoms with Gasteiger partial charge in [0.2, 0.25) is 0 Å². The maximum atomic E-state index is 12.1. The monoisotopic (exact) mass is 319 g/mol. The minimum absolute atomic E-state index is 0.262. The van der Waals surface area contributed by atoms with Crippen LogP contribution in [0.3, 0.4) is 0 Å². The van der Waals surface area contributed by atoms with Gasteiger partial charge in [0.15, 0.2) is 10.8 Å². The van der Waals surface area contributed by atoms with E-state index in [1.165, 1.54) is 18.4 Å². The van der Waals surface area contributed by atoms with Crippen LogP contribution in [0, 0.1) is 5.92 Å². The molecular formula is C15H17N3O3S. The van der Waals surface area contributed by atoms with Crippen molar-refractivity contribution in [3.05, 3.63) is 40.7 Å². The number of nitrogens with zero attached hydrogens (tertiary/aromatic N) is 2. The van der Waals surface area contributed by atoms with Gasteiger partial charge in [-0.15, -0.1) is 11.3 Å². The Morgan fingerprint density at radius 2 is 2.14 bits per heavy atom. The number of amides is 1. The van der Waals surface area contributed by atoms with Gasteiger partial charge in [0, 0.05) is 11.1 Å². The second kappa shape index (κ2) is 7.13. The van der Waals surface area contributed by atoms with Gasteiger partial charge >= 0.3 is 5.97 Å². The smallest absolute Gasteiger partial charge is 0.357 e. The highest BCUT2D eigenvalue weighted by molar-refractivity contribution is 7.16. The van der Waals surface area contributed by atoms with Crippen LogP contribution in [0.25, 0.3) is 0 Å². The zero-order valence-electron chi connectivity index (χ0n) is 12.6. The van der Waals surface area contributed by atoms with Crippen molar-refractivity contribution >= 4 is 28.3 Å². The average molecular weight is 319 g/mol. The highest BCUT2D eigenvalue weighted by Gasteiger charge is 2.21. The van der Waals surface area contributed by atoms with Crippen molar-refractivity contribution in [2.24, 2.45) is 5.92 Å². The third-order valence-corrected chi connectivity index (χ3v) is 3.78. The number of aromatic nitrogens is 2. The summed E-state index contributed by atoms with van der Waals surface area (Å²) < 4.78 is 4.74. The van der Waals surface area contributed by atoms with Crippen LogP contribution in [0.2, 0.25) is 0 Å². The average Bonchev–Trinajstić information content (AvgIpc) is 2.89. The molecule has 2 rings (SSSR count). The fourth-order valence-electron chi connectivity index (χ4n) is 1.83. The normalized spacial score (nSPS) is 10.5. The molecule has 2 heterocycles. The first-order valence-corrected chi connectivity index (χ1v) is 7.63. The number of hydrogen-bond donors (Lipinski definition) is 1. The SMILES string of the molecule is COC(=O)c1nc(NC(=O)c2ccccn2)sc1CC(C)C. The largest absolute Gasteiger partial charge is 0.464 e. The number of methoxy groups -OCH3 is 1. The van der Waals surface area contributed by atoms with E-state index in [0.717, 1.165) is 4.88 Å². The van der Waals surface area contributed by atoms with E-state index in [4.69, 9.17) is 4.74 Å². The summed E-state index contributed by atoms with van der Waals surface area (Å²) in [5.41, 5.74) is 0.556. The Morgan fingerprint density at radius 1 is 1.36 bits per heavy atom. The number of anilines is 1. The lowest BCUT2D eigenvalue weighted by Gasteiger charge is -2.02. The second-order valence-electron chi connectivity index (χ2n) is 5.05. The molecule has 1 amide bonds. The molecule has 116 valence electrons. The van der Waals surface area contributed by atoms with Crippen LogP contribution in [0.4, 0.5) is 5.13 Å². The van der Waals surface area contributed by atoms with Gasteiger partial charge in [-0.3, -0.25) is 15.1 Å². The van der Waals surface area contributed by atoms with Crippen LogP contribution < -0.4 is 5.32 Å². The minimum atomic E-state index is -0.495. The van der Waals surface area contributed by atoms with Gasteiger partial charge in [-0.1, -0.05) is 19.9 Å². The fraction of sp³-hybridized carbons (Fsp3) is 0.333. The van der Waals surface area contributed by atoms with Crippen molar-refractivity contribution < 1.29 is 14.3 Å². The Bertz CT molecular complexity index is 668. The Morgan fingerprint density at radius 3 is 2.73 bits per heavy atom. The molecule has 0 aliphatic heterocycles. The molecule has 1 N–H and O–H groups in total. The van der Waals surface area contributed by atoms with Gasteiger partial charge in [-0.2, -0.15) is 0 Å². The zero-order valence-corrected chi connectivity index (χ0v) is 13.4. The van der Waals surface area contributed by atoms with Gasteiger partial charge in [0.25, 0.3) is 5.91 Å². The number of carbonyl (C=O) groups is 2. The molecule has 6 nitrogen and oxygen atoms in total. The highest BCUT2D eigenvalue weighted by atomic mass is 32.1. The quantitative estimate of drug-likeness (QED) is 0.857. The van der Waals surface area contributed by atoms with Crippen LogP contribution >= 0.6 is 11.3 Å². The molecule has 0 radical (unpaired) electrons. The van der Waals surface area contributed by atoms with E-state index in [-0.39, 0.29) is 11.6 Å². The standard InChI is InChI=1S/C15H17N3O3S/c1-9(2)8-11-12(14(20)21-3)17-15(22-11)18-13(19)10-6-4-5-7-16-10/h4-7,9H,8H2,1-3H3,(H,17,18,19). The molecular weight excluding hydrogens is 302 g/mol. The van der Waals surface area contributed by atoms with Crippen LogP contribution in [-0.2, 0) is 11.2 Å². The van der Waals surface area contributed by atoms with E-state index < -0.39 is 5.97 Å². The number of rotatable bonds is 5. The molecule has 0 bridgehead atoms. The van der Waals surface area contributed by atoms with E-state index in [0.29, 0.717) is 23.2 Å². The number of esters is 1. The molecule has 0 spiro atoms. The lowest BCUT2D eigenvalue weighted by atomic mass is 10.1. The third-order valence-electron chi connectivity index (χ3n) is 2.79. The summed E-state index contributed by atoms with van der Waals surface area (Å²) in [6, 6.07) is 5.07. The van der Waals surface area contributed by atoms with Crippen LogP contribution in [0.5, 0.6) is 0 Å². The Hall–Kier alpha value is -2.28. The molecule has 7 heteroatoms. The van der Waals surface area contributed by atoms with Crippen LogP contribution in [0.1, 0.15) is 39.7 Å². The van der Waals surface area contributed by atoms with Gasteiger partial charge in [-0.25, -0.2) is 9.78 Å². The molecule has 0 saturated heterocycles. The summed E-state index contributed by atoms with van der Waals surface area (Å²) in [5.74, 6) is -0.490. The molecule has 0 saturated carbocycles. The molecule has 22 heavy (non-hydrogen) atoms. The first-order chi connectivity index (χ1) is 10.5. The summed E-state index contributed by atoms with van der Waals surface area (Å²) in [7, 11) is 1.31. The van der Waals surface area contributed by atoms with Crippen molar-refractivity contribution in [2.75, 3.05) is 12.4 Å². The molecule has 0 unspecified atom stereocenters. The maximum absolute atomic E-state index is 12.1. The molecule has 2 aromatic heterocycles. The van der Waals surface area contributed by atoms with Crippen molar-refractivity contribution in [3.8, 4) is 0 Å². The molecule has 0 aliphatic carbocycles. The minimum Gasteiger partial charge on any atom is -0.464 e. The van der Waals surface area contributed by atoms with E-state index in [2.05, 4.69) is 15.3 Å². The lowest BCUT2D eigenvalue weighted by Crippen LogP contribution is -2.13. The number of carbonyl (C=O) groups excluding carboxylic acids is 2. The van der Waals surface area contributed by atoms with Crippen molar-refractivity contribution in [1.82, 2.24) is 9.97 Å². The van der Waals surface area contributed by atoms with Gasteiger partial charge < -0.3 is 4.74 Å². The van der Waals surface area contributed by atoms with Gasteiger partial charge in [-0.05, 0) is 24.5 Å². The summed E-state index contributed by atoms with van der Waals surface area (Å²) in [5, 5.41) is 3.04. The molecule has 0 fully saturated rings. The highest BCUT2D eigenvalue weighted by Crippen LogP contribution is 2.26. The number of thiazole rings is 1. The summed E-state index contributed by atoms with van der Waals surface area (Å²) in [4.78, 5) is 32.8. The Kier molecular flexibility index (Phi) is 5.21. The molecule has 0 aliphatic rings. The van der Waals surface area contributed by atoms with Crippen LogP contribution in [0.15, 0.2) is 24.4 Å². The first kappa shape index (κ1) is 16.1. The predicted molar refractivity (Wildman–Crippen MR) is 84.2 cm³/mol. The number of hydrogen-bond acceptors (Lipinski definition) is 6. The zero-order chi connectivity index (χ0) is 16.1. The van der Waals surface area contributed by atoms with E-state index in [1.54, 1.807) is 24.4 Å². The lowest BCUT2D eigenvalue weighted by molar-refractivity contribution is 0.0593. The van der Waals surface area contributed by atoms with Crippen molar-refractivity contribution in [2.45, 2.75) is 20.3 Å². The Labute approximate surface area is 132 Å². The molecule has 2 aromatic rings. The summed E-state index contributed by atoms with van der Waals surface area (Å²) in [6.07, 6.45) is 2.24. The van der Waals surface area contributed by atoms with E-state index >= 15 is 0 Å². The van der Waals surface area contributed by atoms with Gasteiger partial charge in [0.05, 0.1) is 7.11 Å². The Balaban J connectivity index is 2.23.